The Kier molecular flexibility index (Phi) is 10.2. The zero-order chi connectivity index (χ0) is 23.3. The summed E-state index contributed by atoms with van der Waals surface area (Å²) in [6, 6.07) is 13.3. The van der Waals surface area contributed by atoms with Crippen molar-refractivity contribution in [1.29, 1.82) is 0 Å². The van der Waals surface area contributed by atoms with Crippen LogP contribution in [-0.4, -0.2) is 60.1 Å². The Morgan fingerprint density at radius 3 is 2.64 bits per heavy atom. The predicted molar refractivity (Wildman–Crippen MR) is 131 cm³/mol. The number of carbonyl (C=O) groups excluding carboxylic acids is 1. The maximum Gasteiger partial charge on any atom is 0.312 e. The summed E-state index contributed by atoms with van der Waals surface area (Å²) in [7, 11) is 0. The lowest BCUT2D eigenvalue weighted by atomic mass is 9.99. The number of anilines is 1. The number of hydrogen-bond donors (Lipinski definition) is 3. The van der Waals surface area contributed by atoms with Gasteiger partial charge in [0.25, 0.3) is 0 Å². The van der Waals surface area contributed by atoms with Crippen molar-refractivity contribution in [2.24, 2.45) is 0 Å². The highest BCUT2D eigenvalue weighted by Gasteiger charge is 2.18. The maximum absolute atomic E-state index is 10.8. The minimum Gasteiger partial charge on any atom is -0.481 e. The van der Waals surface area contributed by atoms with Gasteiger partial charge >= 0.3 is 5.97 Å². The van der Waals surface area contributed by atoms with Gasteiger partial charge in [-0.25, -0.2) is 4.98 Å². The standard InChI is InChI=1S/C16H25N3.C10H11NO3/c1-2-11-19(12-3-1)13-5-7-15-9-8-14-6-4-10-17-16(14)18-15;12-7-11-6-9(10(13)14)8-4-2-1-3-5-8/h8-9H,1-7,10-13H2,(H,17,18);1-5,7,9H,6H2,(H,11,12)(H,13,14). The highest BCUT2D eigenvalue weighted by atomic mass is 16.4. The molecule has 2 aromatic rings. The van der Waals surface area contributed by atoms with Gasteiger partial charge in [-0.15, -0.1) is 0 Å². The highest BCUT2D eigenvalue weighted by molar-refractivity contribution is 5.76. The van der Waals surface area contributed by atoms with Crippen molar-refractivity contribution in [3.63, 3.8) is 0 Å². The molecule has 0 radical (unpaired) electrons. The molecule has 0 saturated carbocycles. The van der Waals surface area contributed by atoms with E-state index in [2.05, 4.69) is 27.7 Å². The van der Waals surface area contributed by atoms with Gasteiger partial charge in [-0.1, -0.05) is 42.8 Å². The molecule has 1 unspecified atom stereocenters. The fourth-order valence-electron chi connectivity index (χ4n) is 4.37. The van der Waals surface area contributed by atoms with Crippen LogP contribution in [0.3, 0.4) is 0 Å². The fraction of sp³-hybridized carbons (Fsp3) is 0.500. The Labute approximate surface area is 196 Å². The van der Waals surface area contributed by atoms with Gasteiger partial charge in [0, 0.05) is 18.8 Å². The van der Waals surface area contributed by atoms with E-state index in [1.807, 2.05) is 6.07 Å². The molecule has 7 nitrogen and oxygen atoms in total. The van der Waals surface area contributed by atoms with E-state index in [-0.39, 0.29) is 6.54 Å². The predicted octanol–water partition coefficient (Wildman–Crippen LogP) is 3.46. The second-order valence-electron chi connectivity index (χ2n) is 8.67. The topological polar surface area (TPSA) is 94.6 Å². The lowest BCUT2D eigenvalue weighted by Crippen LogP contribution is -2.30. The van der Waals surface area contributed by atoms with E-state index in [9.17, 15) is 9.59 Å². The Balaban J connectivity index is 0.000000196. The molecule has 4 rings (SSSR count). The van der Waals surface area contributed by atoms with Crippen molar-refractivity contribution in [1.82, 2.24) is 15.2 Å². The summed E-state index contributed by atoms with van der Waals surface area (Å²) < 4.78 is 0. The molecule has 3 heterocycles. The number of fused-ring (bicyclic) bond motifs is 1. The number of carbonyl (C=O) groups is 2. The molecule has 2 aliphatic rings. The summed E-state index contributed by atoms with van der Waals surface area (Å²) in [4.78, 5) is 28.3. The van der Waals surface area contributed by atoms with E-state index in [0.29, 0.717) is 12.0 Å². The van der Waals surface area contributed by atoms with Crippen molar-refractivity contribution in [2.45, 2.75) is 50.9 Å². The summed E-state index contributed by atoms with van der Waals surface area (Å²) in [6.07, 6.45) is 9.49. The first-order chi connectivity index (χ1) is 16.2. The lowest BCUT2D eigenvalue weighted by Gasteiger charge is -2.26. The molecular weight excluding hydrogens is 416 g/mol. The SMILES string of the molecule is O=CNCC(C(=O)O)c1ccccc1.c1cc2c(nc1CCCN1CCCCC1)NCCC2. The Hall–Kier alpha value is -2.93. The number of aromatic nitrogens is 1. The molecule has 0 bridgehead atoms. The number of hydrogen-bond acceptors (Lipinski definition) is 5. The molecule has 1 aromatic heterocycles. The van der Waals surface area contributed by atoms with E-state index in [0.717, 1.165) is 18.8 Å². The van der Waals surface area contributed by atoms with Gasteiger partial charge in [0.15, 0.2) is 0 Å². The van der Waals surface area contributed by atoms with Gasteiger partial charge in [0.1, 0.15) is 5.82 Å². The van der Waals surface area contributed by atoms with Gasteiger partial charge in [0.05, 0.1) is 5.92 Å². The van der Waals surface area contributed by atoms with Crippen molar-refractivity contribution >= 4 is 18.2 Å². The highest BCUT2D eigenvalue weighted by Crippen LogP contribution is 2.20. The second kappa shape index (κ2) is 13.6. The van der Waals surface area contributed by atoms with Crippen molar-refractivity contribution in [3.8, 4) is 0 Å². The summed E-state index contributed by atoms with van der Waals surface area (Å²) in [6.45, 7) is 5.05. The van der Waals surface area contributed by atoms with Gasteiger partial charge in [-0.05, 0) is 75.4 Å². The maximum atomic E-state index is 10.8. The third-order valence-electron chi connectivity index (χ3n) is 6.21. The largest absolute Gasteiger partial charge is 0.481 e. The molecule has 0 aliphatic carbocycles. The molecule has 178 valence electrons. The minimum absolute atomic E-state index is 0.114. The normalized spacial score (nSPS) is 16.4. The molecular formula is C26H36N4O3. The third-order valence-corrected chi connectivity index (χ3v) is 6.21. The first-order valence-corrected chi connectivity index (χ1v) is 12.1. The number of aliphatic carboxylic acids is 1. The number of nitrogens with one attached hydrogen (secondary N) is 2. The van der Waals surface area contributed by atoms with Crippen LogP contribution in [0.2, 0.25) is 0 Å². The molecule has 1 amide bonds. The molecule has 0 spiro atoms. The molecule has 1 fully saturated rings. The number of pyridine rings is 1. The fourth-order valence-corrected chi connectivity index (χ4v) is 4.37. The number of carboxylic acid groups (broad SMARTS) is 1. The smallest absolute Gasteiger partial charge is 0.312 e. The molecule has 3 N–H and O–H groups in total. The van der Waals surface area contributed by atoms with Gasteiger partial charge in [-0.3, -0.25) is 9.59 Å². The van der Waals surface area contributed by atoms with E-state index in [1.54, 1.807) is 24.3 Å². The van der Waals surface area contributed by atoms with Crippen LogP contribution in [0.1, 0.15) is 54.8 Å². The molecule has 1 atom stereocenters. The van der Waals surface area contributed by atoms with Crippen LogP contribution in [-0.2, 0) is 22.4 Å². The number of carboxylic acids is 1. The Morgan fingerprint density at radius 1 is 1.12 bits per heavy atom. The number of likely N-dealkylation sites (tertiary alicyclic amines) is 1. The molecule has 1 saturated heterocycles. The average Bonchev–Trinajstić information content (AvgIpc) is 2.86. The van der Waals surface area contributed by atoms with E-state index >= 15 is 0 Å². The van der Waals surface area contributed by atoms with Crippen LogP contribution < -0.4 is 10.6 Å². The van der Waals surface area contributed by atoms with Crippen molar-refractivity contribution < 1.29 is 14.7 Å². The number of aryl methyl sites for hydroxylation is 2. The summed E-state index contributed by atoms with van der Waals surface area (Å²) in [5.74, 6) is -0.478. The summed E-state index contributed by atoms with van der Waals surface area (Å²) in [5.41, 5.74) is 3.34. The van der Waals surface area contributed by atoms with E-state index in [1.165, 1.54) is 69.4 Å². The summed E-state index contributed by atoms with van der Waals surface area (Å²) in [5, 5.41) is 14.7. The van der Waals surface area contributed by atoms with Crippen LogP contribution in [0.4, 0.5) is 5.82 Å². The number of nitrogens with zero attached hydrogens (tertiary/aromatic N) is 2. The monoisotopic (exact) mass is 452 g/mol. The Bertz CT molecular complexity index is 869. The zero-order valence-electron chi connectivity index (χ0n) is 19.3. The molecule has 33 heavy (non-hydrogen) atoms. The summed E-state index contributed by atoms with van der Waals surface area (Å²) >= 11 is 0. The van der Waals surface area contributed by atoms with Gasteiger partial charge < -0.3 is 20.6 Å². The molecule has 2 aliphatic heterocycles. The number of benzene rings is 1. The molecule has 7 heteroatoms. The van der Waals surface area contributed by atoms with Crippen LogP contribution >= 0.6 is 0 Å². The Morgan fingerprint density at radius 2 is 1.91 bits per heavy atom. The van der Waals surface area contributed by atoms with Crippen LogP contribution in [0.15, 0.2) is 42.5 Å². The zero-order valence-corrected chi connectivity index (χ0v) is 19.3. The minimum atomic E-state index is -0.939. The van der Waals surface area contributed by atoms with Crippen molar-refractivity contribution in [2.75, 3.05) is 38.0 Å². The lowest BCUT2D eigenvalue weighted by molar-refractivity contribution is -0.138. The first kappa shape index (κ1) is 24.7. The van der Waals surface area contributed by atoms with E-state index in [4.69, 9.17) is 10.1 Å². The quantitative estimate of drug-likeness (QED) is 0.505. The van der Waals surface area contributed by atoms with Gasteiger partial charge in [-0.2, -0.15) is 0 Å². The second-order valence-corrected chi connectivity index (χ2v) is 8.67. The first-order valence-electron chi connectivity index (χ1n) is 12.1. The third kappa shape index (κ3) is 8.17. The van der Waals surface area contributed by atoms with Gasteiger partial charge in [0.2, 0.25) is 6.41 Å². The van der Waals surface area contributed by atoms with E-state index < -0.39 is 11.9 Å². The van der Waals surface area contributed by atoms with Crippen LogP contribution in [0, 0.1) is 0 Å². The number of rotatable bonds is 9. The average molecular weight is 453 g/mol. The number of amides is 1. The number of piperidine rings is 1. The van der Waals surface area contributed by atoms with Crippen LogP contribution in [0.25, 0.3) is 0 Å². The van der Waals surface area contributed by atoms with Crippen LogP contribution in [0.5, 0.6) is 0 Å². The van der Waals surface area contributed by atoms with Crippen molar-refractivity contribution in [3.05, 3.63) is 59.3 Å². The molecule has 1 aromatic carbocycles.